The molecule has 2 bridgehead atoms. The van der Waals surface area contributed by atoms with Crippen molar-refractivity contribution in [2.75, 3.05) is 0 Å². The molecule has 0 amide bonds. The second-order valence-electron chi connectivity index (χ2n) is 11.4. The van der Waals surface area contributed by atoms with Crippen LogP contribution in [-0.4, -0.2) is 38.9 Å². The van der Waals surface area contributed by atoms with E-state index in [4.69, 9.17) is 9.26 Å². The van der Waals surface area contributed by atoms with Gasteiger partial charge in [0.05, 0.1) is 23.0 Å². The molecule has 0 spiro atoms. The summed E-state index contributed by atoms with van der Waals surface area (Å²) in [6.07, 6.45) is 0.721. The van der Waals surface area contributed by atoms with E-state index < -0.39 is 18.1 Å². The fraction of sp³-hybridized carbons (Fsp3) is 0.433. The van der Waals surface area contributed by atoms with Crippen molar-refractivity contribution in [2.24, 2.45) is 11.8 Å². The van der Waals surface area contributed by atoms with Gasteiger partial charge in [-0.15, -0.1) is 24.5 Å². The van der Waals surface area contributed by atoms with Crippen molar-refractivity contribution < 1.29 is 41.5 Å². The Labute approximate surface area is 251 Å². The molecule has 226 valence electrons. The van der Waals surface area contributed by atoms with E-state index in [0.717, 1.165) is 48.9 Å². The molecule has 2 heterocycles. The summed E-state index contributed by atoms with van der Waals surface area (Å²) < 4.78 is 71.4. The number of carbonyl (C=O) groups is 1. The first-order valence-corrected chi connectivity index (χ1v) is 15.8. The van der Waals surface area contributed by atoms with E-state index in [1.165, 1.54) is 35.6 Å². The lowest BCUT2D eigenvalue weighted by Gasteiger charge is -2.34. The number of para-hydroxylation sites is 1. The zero-order valence-electron chi connectivity index (χ0n) is 22.6. The number of aromatic nitrogens is 2. The van der Waals surface area contributed by atoms with E-state index in [-0.39, 0.29) is 41.0 Å². The third-order valence-electron chi connectivity index (χ3n) is 8.48. The number of alkyl halides is 3. The molecule has 2 atom stereocenters. The number of hydrogen-bond donors (Lipinski definition) is 1. The maximum absolute atomic E-state index is 14.5. The van der Waals surface area contributed by atoms with Gasteiger partial charge in [0.2, 0.25) is 0 Å². The van der Waals surface area contributed by atoms with Gasteiger partial charge < -0.3 is 19.1 Å². The van der Waals surface area contributed by atoms with Gasteiger partial charge in [0.15, 0.2) is 10.2 Å². The lowest BCUT2D eigenvalue weighted by Crippen LogP contribution is -2.32. The lowest BCUT2D eigenvalue weighted by atomic mass is 9.86. The van der Waals surface area contributed by atoms with E-state index >= 15 is 0 Å². The summed E-state index contributed by atoms with van der Waals surface area (Å²) in [5, 5.41) is 13.7. The van der Waals surface area contributed by atoms with Crippen LogP contribution < -0.4 is 4.74 Å². The number of benzene rings is 2. The minimum absolute atomic E-state index is 0.0308. The summed E-state index contributed by atoms with van der Waals surface area (Å²) in [5.74, 6) is -0.568. The molecule has 3 aliphatic rings. The number of aromatic carboxylic acids is 1. The summed E-state index contributed by atoms with van der Waals surface area (Å²) in [5.41, 5.74) is 1.28. The van der Waals surface area contributed by atoms with E-state index in [0.29, 0.717) is 38.8 Å². The number of fused-ring (bicyclic) bond motifs is 3. The zero-order chi connectivity index (χ0) is 29.9. The molecule has 0 radical (unpaired) electrons. The maximum atomic E-state index is 14.5. The summed E-state index contributed by atoms with van der Waals surface area (Å²) in [6.45, 7) is 0.177. The molecule has 7 nitrogen and oxygen atoms in total. The zero-order valence-corrected chi connectivity index (χ0v) is 24.2. The van der Waals surface area contributed by atoms with Gasteiger partial charge in [-0.1, -0.05) is 29.1 Å². The van der Waals surface area contributed by atoms with Crippen LogP contribution in [0, 0.1) is 17.7 Å². The predicted molar refractivity (Wildman–Crippen MR) is 151 cm³/mol. The third-order valence-corrected chi connectivity index (χ3v) is 11.1. The average molecular weight is 635 g/mol. The van der Waals surface area contributed by atoms with Crippen molar-refractivity contribution in [3.63, 3.8) is 0 Å². The summed E-state index contributed by atoms with van der Waals surface area (Å²) >= 11 is 2.95. The number of halogens is 4. The van der Waals surface area contributed by atoms with Gasteiger partial charge in [-0.05, 0) is 74.6 Å². The second-order valence-corrected chi connectivity index (χ2v) is 13.8. The molecule has 2 aromatic heterocycles. The van der Waals surface area contributed by atoms with Crippen LogP contribution in [0.5, 0.6) is 5.75 Å². The van der Waals surface area contributed by atoms with Gasteiger partial charge in [0.1, 0.15) is 22.7 Å². The largest absolute Gasteiger partial charge is 0.573 e. The number of rotatable bonds is 9. The van der Waals surface area contributed by atoms with E-state index in [1.54, 1.807) is 17.8 Å². The minimum Gasteiger partial charge on any atom is -0.478 e. The number of carboxylic acid groups (broad SMARTS) is 1. The lowest BCUT2D eigenvalue weighted by molar-refractivity contribution is -0.274. The second kappa shape index (κ2) is 11.1. The molecule has 1 N–H and O–H groups in total. The van der Waals surface area contributed by atoms with Gasteiger partial charge in [0, 0.05) is 22.3 Å². The molecule has 2 unspecified atom stereocenters. The minimum atomic E-state index is -4.84. The van der Waals surface area contributed by atoms with Gasteiger partial charge in [0.25, 0.3) is 0 Å². The molecule has 4 aromatic rings. The molecular formula is C30H26F4N2O5S2. The first-order valence-electron chi connectivity index (χ1n) is 14.1. The molecule has 7 rings (SSSR count). The number of ether oxygens (including phenoxy) is 2. The van der Waals surface area contributed by atoms with E-state index in [2.05, 4.69) is 14.9 Å². The van der Waals surface area contributed by atoms with Crippen LogP contribution in [0.1, 0.15) is 66.1 Å². The Hall–Kier alpha value is -3.16. The number of carboxylic acids is 1. The molecule has 43 heavy (non-hydrogen) atoms. The number of thiazole rings is 1. The highest BCUT2D eigenvalue weighted by atomic mass is 32.2. The number of thioether (sulfide) groups is 1. The summed E-state index contributed by atoms with van der Waals surface area (Å²) in [7, 11) is 0. The van der Waals surface area contributed by atoms with Crippen molar-refractivity contribution in [3.05, 3.63) is 59.1 Å². The molecule has 2 aromatic carbocycles. The average Bonchev–Trinajstić information content (AvgIpc) is 3.51. The van der Waals surface area contributed by atoms with Crippen LogP contribution in [0.3, 0.4) is 0 Å². The molecular weight excluding hydrogens is 608 g/mol. The topological polar surface area (TPSA) is 94.7 Å². The Balaban J connectivity index is 1.06. The fourth-order valence-corrected chi connectivity index (χ4v) is 9.22. The van der Waals surface area contributed by atoms with Crippen molar-refractivity contribution in [3.8, 4) is 17.0 Å². The Bertz CT molecular complexity index is 1670. The van der Waals surface area contributed by atoms with Crippen molar-refractivity contribution in [1.29, 1.82) is 0 Å². The van der Waals surface area contributed by atoms with Crippen LogP contribution in [0.4, 0.5) is 17.6 Å². The fourth-order valence-electron chi connectivity index (χ4n) is 6.42. The molecule has 3 fully saturated rings. The van der Waals surface area contributed by atoms with E-state index in [1.807, 2.05) is 0 Å². The Morgan fingerprint density at radius 3 is 2.56 bits per heavy atom. The number of hydrogen-bond acceptors (Lipinski definition) is 8. The van der Waals surface area contributed by atoms with E-state index in [9.17, 15) is 27.5 Å². The Morgan fingerprint density at radius 2 is 1.86 bits per heavy atom. The van der Waals surface area contributed by atoms with Crippen LogP contribution in [0.2, 0.25) is 0 Å². The van der Waals surface area contributed by atoms with Crippen LogP contribution in [0.25, 0.3) is 21.5 Å². The van der Waals surface area contributed by atoms with Gasteiger partial charge in [-0.25, -0.2) is 14.2 Å². The highest BCUT2D eigenvalue weighted by molar-refractivity contribution is 8.01. The standard InChI is InChI=1S/C30H26F4N2O5S2/c31-21-11-17(28(37)38)12-23-25(21)35-29(42-23)43-27-15-7-8-16(27)10-18(9-15)39-13-20-24(36-41-26(20)14-5-6-14)19-3-1-2-4-22(19)40-30(32,33)34/h1-4,11-12,14-16,18,27H,5-10,13H2,(H,37,38). The van der Waals surface area contributed by atoms with Crippen LogP contribution in [0.15, 0.2) is 45.3 Å². The predicted octanol–water partition coefficient (Wildman–Crippen LogP) is 8.43. The van der Waals surface area contributed by atoms with Crippen molar-refractivity contribution in [2.45, 2.75) is 73.1 Å². The first kappa shape index (κ1) is 28.6. The molecule has 0 saturated heterocycles. The van der Waals surface area contributed by atoms with Gasteiger partial charge in [-0.2, -0.15) is 0 Å². The molecule has 13 heteroatoms. The Morgan fingerprint density at radius 1 is 1.12 bits per heavy atom. The smallest absolute Gasteiger partial charge is 0.478 e. The van der Waals surface area contributed by atoms with Crippen molar-refractivity contribution in [1.82, 2.24) is 10.1 Å². The maximum Gasteiger partial charge on any atom is 0.573 e. The quantitative estimate of drug-likeness (QED) is 0.183. The van der Waals surface area contributed by atoms with Crippen LogP contribution in [-0.2, 0) is 11.3 Å². The van der Waals surface area contributed by atoms with Gasteiger partial charge in [-0.3, -0.25) is 0 Å². The Kier molecular flexibility index (Phi) is 7.37. The van der Waals surface area contributed by atoms with Crippen LogP contribution >= 0.6 is 23.1 Å². The highest BCUT2D eigenvalue weighted by Gasteiger charge is 2.44. The SMILES string of the molecule is O=C(O)c1cc(F)c2nc(SC3C4CCC3CC(OCc3c(-c5ccccc5OC(F)(F)F)noc3C3CC3)C4)sc2c1. The highest BCUT2D eigenvalue weighted by Crippen LogP contribution is 2.52. The van der Waals surface area contributed by atoms with Gasteiger partial charge >= 0.3 is 12.3 Å². The van der Waals surface area contributed by atoms with Crippen molar-refractivity contribution >= 4 is 39.3 Å². The monoisotopic (exact) mass is 634 g/mol. The molecule has 3 aliphatic carbocycles. The molecule has 3 saturated carbocycles. The number of nitrogens with zero attached hydrogens (tertiary/aromatic N) is 2. The third kappa shape index (κ3) is 5.86. The first-order chi connectivity index (χ1) is 20.6. The normalized spacial score (nSPS) is 23.6. The molecule has 0 aliphatic heterocycles. The summed E-state index contributed by atoms with van der Waals surface area (Å²) in [6, 6.07) is 8.38. The summed E-state index contributed by atoms with van der Waals surface area (Å²) in [4.78, 5) is 15.8.